The van der Waals surface area contributed by atoms with Crippen molar-refractivity contribution in [2.45, 2.75) is 76.9 Å². The summed E-state index contributed by atoms with van der Waals surface area (Å²) in [5.41, 5.74) is -1.90. The minimum Gasteiger partial charge on any atom is -0.469 e. The number of methoxy groups -OCH3 is 1. The summed E-state index contributed by atoms with van der Waals surface area (Å²) in [6, 6.07) is 0. The van der Waals surface area contributed by atoms with Gasteiger partial charge in [-0.25, -0.2) is 0 Å². The van der Waals surface area contributed by atoms with Crippen molar-refractivity contribution in [1.82, 2.24) is 0 Å². The Morgan fingerprint density at radius 1 is 1.15 bits per heavy atom. The maximum atomic E-state index is 12.7. The van der Waals surface area contributed by atoms with Crippen molar-refractivity contribution in [3.05, 3.63) is 0 Å². The molecular weight excluding hydrogens is 332 g/mol. The van der Waals surface area contributed by atoms with Crippen molar-refractivity contribution < 1.29 is 24.5 Å². The van der Waals surface area contributed by atoms with Gasteiger partial charge in [0.1, 0.15) is 5.78 Å². The SMILES string of the molecule is COC(=O)[C@@H]1C[C@H]2[C@@H]3CCC(=O)[C@@]3(C)CC[C@@H]2[C@@]2(C)CC[C@H](O)C[C@]12O. The largest absolute Gasteiger partial charge is 0.469 e. The number of aliphatic hydroxyl groups is 2. The minimum absolute atomic E-state index is 0.243. The van der Waals surface area contributed by atoms with Crippen molar-refractivity contribution >= 4 is 11.8 Å². The van der Waals surface area contributed by atoms with Crippen molar-refractivity contribution in [2.24, 2.45) is 34.5 Å². The monoisotopic (exact) mass is 364 g/mol. The van der Waals surface area contributed by atoms with Crippen LogP contribution >= 0.6 is 0 Å². The lowest BCUT2D eigenvalue weighted by Crippen LogP contribution is -2.68. The van der Waals surface area contributed by atoms with Crippen LogP contribution in [0.25, 0.3) is 0 Å². The van der Waals surface area contributed by atoms with Crippen LogP contribution in [0, 0.1) is 34.5 Å². The third-order valence-corrected chi connectivity index (χ3v) is 9.07. The van der Waals surface area contributed by atoms with Gasteiger partial charge in [0.15, 0.2) is 0 Å². The first kappa shape index (κ1) is 18.4. The quantitative estimate of drug-likeness (QED) is 0.699. The Morgan fingerprint density at radius 3 is 2.58 bits per heavy atom. The van der Waals surface area contributed by atoms with Gasteiger partial charge in [0.2, 0.25) is 0 Å². The number of esters is 1. The van der Waals surface area contributed by atoms with Gasteiger partial charge in [0.05, 0.1) is 24.7 Å². The summed E-state index contributed by atoms with van der Waals surface area (Å²) in [5.74, 6) is 0.249. The molecule has 4 aliphatic carbocycles. The lowest BCUT2D eigenvalue weighted by Gasteiger charge is -2.65. The van der Waals surface area contributed by atoms with Crippen molar-refractivity contribution in [3.8, 4) is 0 Å². The Bertz CT molecular complexity index is 632. The highest BCUT2D eigenvalue weighted by atomic mass is 16.5. The number of ketones is 1. The van der Waals surface area contributed by atoms with E-state index in [0.717, 1.165) is 25.7 Å². The molecule has 4 saturated carbocycles. The second-order valence-electron chi connectivity index (χ2n) is 9.84. The van der Waals surface area contributed by atoms with Gasteiger partial charge < -0.3 is 14.9 Å². The van der Waals surface area contributed by atoms with Crippen LogP contribution in [0.4, 0.5) is 0 Å². The standard InChI is InChI=1S/C21H32O5/c1-19-8-7-15-13(14(19)4-5-17(19)23)10-16(18(24)26-3)21(25)11-12(22)6-9-20(15,21)2/h12-16,22,25H,4-11H2,1-3H3/t12-,13-,14-,15-,16-,19-,20+,21-/m0/s1. The van der Waals surface area contributed by atoms with Gasteiger partial charge in [-0.2, -0.15) is 0 Å². The molecule has 2 N–H and O–H groups in total. The molecule has 0 aliphatic heterocycles. The zero-order valence-corrected chi connectivity index (χ0v) is 16.2. The zero-order chi connectivity index (χ0) is 18.9. The minimum atomic E-state index is -1.23. The third kappa shape index (κ3) is 2.16. The van der Waals surface area contributed by atoms with Crippen LogP contribution in [0.2, 0.25) is 0 Å². The molecule has 146 valence electrons. The second-order valence-corrected chi connectivity index (χ2v) is 9.84. The molecule has 0 aromatic carbocycles. The highest BCUT2D eigenvalue weighted by Crippen LogP contribution is 2.67. The van der Waals surface area contributed by atoms with Gasteiger partial charge >= 0.3 is 5.97 Å². The van der Waals surface area contributed by atoms with Gasteiger partial charge in [-0.15, -0.1) is 0 Å². The molecule has 0 spiro atoms. The lowest BCUT2D eigenvalue weighted by molar-refractivity contribution is -0.247. The van der Waals surface area contributed by atoms with E-state index in [4.69, 9.17) is 4.74 Å². The third-order valence-electron chi connectivity index (χ3n) is 9.07. The van der Waals surface area contributed by atoms with Crippen LogP contribution in [0.5, 0.6) is 0 Å². The van der Waals surface area contributed by atoms with Gasteiger partial charge in [-0.3, -0.25) is 9.59 Å². The zero-order valence-electron chi connectivity index (χ0n) is 16.2. The van der Waals surface area contributed by atoms with Crippen LogP contribution in [0.1, 0.15) is 65.2 Å². The number of hydrogen-bond donors (Lipinski definition) is 2. The number of hydrogen-bond acceptors (Lipinski definition) is 5. The Morgan fingerprint density at radius 2 is 1.88 bits per heavy atom. The van der Waals surface area contributed by atoms with Crippen molar-refractivity contribution in [2.75, 3.05) is 7.11 Å². The summed E-state index contributed by atoms with van der Waals surface area (Å²) in [5, 5.41) is 22.0. The number of aliphatic hydroxyl groups excluding tert-OH is 1. The highest BCUT2D eigenvalue weighted by Gasteiger charge is 2.68. The van der Waals surface area contributed by atoms with E-state index in [1.165, 1.54) is 7.11 Å². The van der Waals surface area contributed by atoms with E-state index in [-0.39, 0.29) is 23.7 Å². The molecule has 4 fully saturated rings. The molecule has 0 radical (unpaired) electrons. The van der Waals surface area contributed by atoms with E-state index < -0.39 is 23.0 Å². The van der Waals surface area contributed by atoms with Gasteiger partial charge in [0.25, 0.3) is 0 Å². The first-order chi connectivity index (χ1) is 12.2. The molecule has 5 nitrogen and oxygen atoms in total. The number of Topliss-reactive ketones (excluding diaryl/α,β-unsaturated/α-hetero) is 1. The molecule has 0 saturated heterocycles. The first-order valence-corrected chi connectivity index (χ1v) is 10.2. The summed E-state index contributed by atoms with van der Waals surface area (Å²) >= 11 is 0. The van der Waals surface area contributed by atoms with E-state index in [9.17, 15) is 19.8 Å². The van der Waals surface area contributed by atoms with Crippen molar-refractivity contribution in [3.63, 3.8) is 0 Å². The van der Waals surface area contributed by atoms with E-state index in [1.54, 1.807) is 0 Å². The second kappa shape index (κ2) is 5.78. The molecule has 0 bridgehead atoms. The topological polar surface area (TPSA) is 83.8 Å². The molecule has 26 heavy (non-hydrogen) atoms. The predicted octanol–water partition coefficient (Wildman–Crippen LogP) is 2.47. The Labute approximate surface area is 155 Å². The van der Waals surface area contributed by atoms with Crippen LogP contribution in [0.3, 0.4) is 0 Å². The molecule has 0 unspecified atom stereocenters. The molecule has 0 aromatic rings. The summed E-state index contributed by atoms with van der Waals surface area (Å²) in [6.45, 7) is 4.23. The average Bonchev–Trinajstić information content (AvgIpc) is 2.90. The maximum Gasteiger partial charge on any atom is 0.311 e. The first-order valence-electron chi connectivity index (χ1n) is 10.2. The number of ether oxygens (including phenoxy) is 1. The fraction of sp³-hybridized carbons (Fsp3) is 0.905. The molecule has 5 heteroatoms. The predicted molar refractivity (Wildman–Crippen MR) is 95.1 cm³/mol. The van der Waals surface area contributed by atoms with Gasteiger partial charge in [-0.1, -0.05) is 13.8 Å². The van der Waals surface area contributed by atoms with E-state index in [0.29, 0.717) is 36.9 Å². The average molecular weight is 364 g/mol. The molecule has 0 aromatic heterocycles. The van der Waals surface area contributed by atoms with Gasteiger partial charge in [0, 0.05) is 23.7 Å². The summed E-state index contributed by atoms with van der Waals surface area (Å²) in [6.07, 6.45) is 4.98. The van der Waals surface area contributed by atoms with Crippen LogP contribution in [0.15, 0.2) is 0 Å². The Hall–Kier alpha value is -0.940. The smallest absolute Gasteiger partial charge is 0.311 e. The van der Waals surface area contributed by atoms with E-state index in [2.05, 4.69) is 13.8 Å². The van der Waals surface area contributed by atoms with Crippen LogP contribution < -0.4 is 0 Å². The van der Waals surface area contributed by atoms with Crippen LogP contribution in [-0.2, 0) is 14.3 Å². The highest BCUT2D eigenvalue weighted by molar-refractivity contribution is 5.87. The lowest BCUT2D eigenvalue weighted by atomic mass is 9.41. The molecule has 4 rings (SSSR count). The van der Waals surface area contributed by atoms with Crippen molar-refractivity contribution in [1.29, 1.82) is 0 Å². The number of rotatable bonds is 1. The molecular formula is C21H32O5. The fourth-order valence-electron chi connectivity index (χ4n) is 7.50. The summed E-state index contributed by atoms with van der Waals surface area (Å²) in [7, 11) is 1.37. The Balaban J connectivity index is 1.78. The molecule has 8 atom stereocenters. The van der Waals surface area contributed by atoms with Gasteiger partial charge in [-0.05, 0) is 56.3 Å². The summed E-state index contributed by atoms with van der Waals surface area (Å²) in [4.78, 5) is 25.2. The number of carbonyl (C=O) groups excluding carboxylic acids is 2. The molecule has 4 aliphatic rings. The van der Waals surface area contributed by atoms with E-state index >= 15 is 0 Å². The normalized spacial score (nSPS) is 53.4. The van der Waals surface area contributed by atoms with Crippen LogP contribution in [-0.4, -0.2) is 40.8 Å². The Kier molecular flexibility index (Phi) is 4.09. The fourth-order valence-corrected chi connectivity index (χ4v) is 7.50. The maximum absolute atomic E-state index is 12.7. The molecule has 0 amide bonds. The number of fused-ring (bicyclic) bond motifs is 5. The molecule has 0 heterocycles. The summed E-state index contributed by atoms with van der Waals surface area (Å²) < 4.78 is 5.07. The van der Waals surface area contributed by atoms with E-state index in [1.807, 2.05) is 0 Å². The number of carbonyl (C=O) groups is 2.